The smallest absolute Gasteiger partial charge is 0.295 e. The fraction of sp³-hybridized carbons (Fsp3) is 0.278. The molecule has 1 heterocycles. The van der Waals surface area contributed by atoms with E-state index in [9.17, 15) is 10.1 Å². The maximum atomic E-state index is 11.5. The van der Waals surface area contributed by atoms with Crippen LogP contribution in [0.5, 0.6) is 5.75 Å². The number of halogens is 1. The molecular weight excluding hydrogens is 356 g/mol. The molecule has 0 aliphatic rings. The Balaban J connectivity index is 2.33. The Morgan fingerprint density at radius 3 is 2.73 bits per heavy atom. The second-order valence-corrected chi connectivity index (χ2v) is 6.55. The molecule has 0 aliphatic heterocycles. The second kappa shape index (κ2) is 7.31. The molecule has 3 aromatic rings. The van der Waals surface area contributed by atoms with Crippen LogP contribution in [0.2, 0.25) is 5.02 Å². The summed E-state index contributed by atoms with van der Waals surface area (Å²) < 4.78 is 5.32. The van der Waals surface area contributed by atoms with Crippen LogP contribution in [0.4, 0.5) is 11.4 Å². The molecule has 0 radical (unpaired) electrons. The Kier molecular flexibility index (Phi) is 5.11. The molecule has 3 rings (SSSR count). The molecule has 7 nitrogen and oxygen atoms in total. The minimum Gasteiger partial charge on any atom is -0.497 e. The van der Waals surface area contributed by atoms with Gasteiger partial charge in [0.05, 0.1) is 28.3 Å². The number of ether oxygens (including phenoxy) is 1. The number of nitro benzene ring substituents is 1. The SMILES string of the molecule is COc1ccc2nc3c([N+](=O)[O-])ccc(Cl)c3c(NCCN(C)C)c2c1. The summed E-state index contributed by atoms with van der Waals surface area (Å²) in [6.45, 7) is 1.44. The van der Waals surface area contributed by atoms with Crippen molar-refractivity contribution in [3.63, 3.8) is 0 Å². The lowest BCUT2D eigenvalue weighted by molar-refractivity contribution is -0.383. The van der Waals surface area contributed by atoms with E-state index in [2.05, 4.69) is 10.3 Å². The minimum absolute atomic E-state index is 0.0715. The van der Waals surface area contributed by atoms with Crippen LogP contribution in [-0.4, -0.2) is 49.1 Å². The molecule has 0 fully saturated rings. The number of hydrogen-bond donors (Lipinski definition) is 1. The zero-order valence-electron chi connectivity index (χ0n) is 14.7. The Labute approximate surface area is 155 Å². The van der Waals surface area contributed by atoms with Crippen LogP contribution in [0.1, 0.15) is 0 Å². The lowest BCUT2D eigenvalue weighted by Gasteiger charge is -2.16. The standard InChI is InChI=1S/C18H19ClN4O3/c1-22(2)9-8-20-17-12-10-11(26-3)4-6-14(12)21-18-15(23(24)25)7-5-13(19)16(17)18/h4-7,10H,8-9H2,1-3H3,(H,20,21). The first kappa shape index (κ1) is 18.2. The summed E-state index contributed by atoms with van der Waals surface area (Å²) in [6, 6.07) is 8.34. The zero-order chi connectivity index (χ0) is 18.8. The van der Waals surface area contributed by atoms with Gasteiger partial charge in [0.2, 0.25) is 0 Å². The average Bonchev–Trinajstić information content (AvgIpc) is 2.60. The summed E-state index contributed by atoms with van der Waals surface area (Å²) in [5.74, 6) is 0.677. The van der Waals surface area contributed by atoms with Gasteiger partial charge in [0.1, 0.15) is 5.75 Å². The van der Waals surface area contributed by atoms with Crippen LogP contribution in [0.15, 0.2) is 30.3 Å². The number of pyridine rings is 1. The van der Waals surface area contributed by atoms with Crippen LogP contribution >= 0.6 is 11.6 Å². The molecule has 0 aliphatic carbocycles. The maximum Gasteiger partial charge on any atom is 0.295 e. The van der Waals surface area contributed by atoms with Gasteiger partial charge >= 0.3 is 0 Å². The molecule has 0 saturated carbocycles. The molecule has 1 aromatic heterocycles. The summed E-state index contributed by atoms with van der Waals surface area (Å²) in [5, 5.41) is 16.6. The van der Waals surface area contributed by atoms with Gasteiger partial charge in [0.25, 0.3) is 5.69 Å². The number of hydrogen-bond acceptors (Lipinski definition) is 6. The van der Waals surface area contributed by atoms with E-state index in [0.29, 0.717) is 28.2 Å². The number of aromatic nitrogens is 1. The molecule has 1 N–H and O–H groups in total. The van der Waals surface area contributed by atoms with Crippen LogP contribution in [0.25, 0.3) is 21.8 Å². The summed E-state index contributed by atoms with van der Waals surface area (Å²) in [7, 11) is 5.54. The number of methoxy groups -OCH3 is 1. The fourth-order valence-corrected chi connectivity index (χ4v) is 3.08. The van der Waals surface area contributed by atoms with E-state index in [1.165, 1.54) is 12.1 Å². The molecular formula is C18H19ClN4O3. The Morgan fingerprint density at radius 2 is 2.08 bits per heavy atom. The monoisotopic (exact) mass is 374 g/mol. The van der Waals surface area contributed by atoms with Crippen LogP contribution in [0.3, 0.4) is 0 Å². The maximum absolute atomic E-state index is 11.5. The van der Waals surface area contributed by atoms with Crippen molar-refractivity contribution in [1.29, 1.82) is 0 Å². The van der Waals surface area contributed by atoms with Gasteiger partial charge in [-0.3, -0.25) is 10.1 Å². The lowest BCUT2D eigenvalue weighted by Crippen LogP contribution is -2.21. The van der Waals surface area contributed by atoms with E-state index in [4.69, 9.17) is 16.3 Å². The normalized spacial score (nSPS) is 11.3. The van der Waals surface area contributed by atoms with Gasteiger partial charge in [-0.15, -0.1) is 0 Å². The highest BCUT2D eigenvalue weighted by atomic mass is 35.5. The number of anilines is 1. The predicted octanol–water partition coefficient (Wildman–Crippen LogP) is 3.93. The van der Waals surface area contributed by atoms with Gasteiger partial charge in [0.15, 0.2) is 5.52 Å². The largest absolute Gasteiger partial charge is 0.497 e. The zero-order valence-corrected chi connectivity index (χ0v) is 15.5. The highest BCUT2D eigenvalue weighted by Gasteiger charge is 2.20. The molecule has 26 heavy (non-hydrogen) atoms. The summed E-state index contributed by atoms with van der Waals surface area (Å²) in [6.07, 6.45) is 0. The van der Waals surface area contributed by atoms with Crippen LogP contribution in [-0.2, 0) is 0 Å². The van der Waals surface area contributed by atoms with E-state index in [-0.39, 0.29) is 11.2 Å². The Bertz CT molecular complexity index is 991. The van der Waals surface area contributed by atoms with Crippen LogP contribution in [0, 0.1) is 10.1 Å². The molecule has 2 aromatic carbocycles. The number of non-ortho nitro benzene ring substituents is 1. The summed E-state index contributed by atoms with van der Waals surface area (Å²) >= 11 is 6.41. The molecule has 0 atom stereocenters. The number of nitrogens with zero attached hydrogens (tertiary/aromatic N) is 3. The molecule has 0 bridgehead atoms. The van der Waals surface area contributed by atoms with Crippen LogP contribution < -0.4 is 10.1 Å². The van der Waals surface area contributed by atoms with Gasteiger partial charge in [-0.25, -0.2) is 4.98 Å². The quantitative estimate of drug-likeness (QED) is 0.400. The average molecular weight is 375 g/mol. The second-order valence-electron chi connectivity index (χ2n) is 6.15. The third kappa shape index (κ3) is 3.36. The van der Waals surface area contributed by atoms with Crippen molar-refractivity contribution in [2.45, 2.75) is 0 Å². The molecule has 136 valence electrons. The Hall–Kier alpha value is -2.64. The fourth-order valence-electron chi connectivity index (χ4n) is 2.84. The Morgan fingerprint density at radius 1 is 1.31 bits per heavy atom. The number of benzene rings is 2. The third-order valence-corrected chi connectivity index (χ3v) is 4.43. The van der Waals surface area contributed by atoms with Gasteiger partial charge in [-0.05, 0) is 38.4 Å². The highest BCUT2D eigenvalue weighted by molar-refractivity contribution is 6.37. The van der Waals surface area contributed by atoms with Crippen molar-refractivity contribution in [2.75, 3.05) is 39.6 Å². The van der Waals surface area contributed by atoms with E-state index >= 15 is 0 Å². The van der Waals surface area contributed by atoms with E-state index in [1.54, 1.807) is 19.2 Å². The van der Waals surface area contributed by atoms with Gasteiger partial charge in [-0.2, -0.15) is 0 Å². The number of nitrogens with one attached hydrogen (secondary N) is 1. The number of nitro groups is 1. The van der Waals surface area contributed by atoms with Gasteiger partial charge in [-0.1, -0.05) is 11.6 Å². The first-order chi connectivity index (χ1) is 12.4. The predicted molar refractivity (Wildman–Crippen MR) is 105 cm³/mol. The molecule has 0 saturated heterocycles. The molecule has 0 unspecified atom stereocenters. The van der Waals surface area contributed by atoms with Crippen molar-refractivity contribution in [2.24, 2.45) is 0 Å². The van der Waals surface area contributed by atoms with E-state index < -0.39 is 4.92 Å². The molecule has 8 heteroatoms. The van der Waals surface area contributed by atoms with E-state index in [1.807, 2.05) is 25.1 Å². The lowest BCUT2D eigenvalue weighted by atomic mass is 10.1. The number of rotatable bonds is 6. The number of fused-ring (bicyclic) bond motifs is 2. The summed E-state index contributed by atoms with van der Waals surface area (Å²) in [5.41, 5.74) is 1.56. The van der Waals surface area contributed by atoms with Crippen molar-refractivity contribution in [3.8, 4) is 5.75 Å². The third-order valence-electron chi connectivity index (χ3n) is 4.12. The first-order valence-electron chi connectivity index (χ1n) is 8.05. The highest BCUT2D eigenvalue weighted by Crippen LogP contribution is 2.40. The van der Waals surface area contributed by atoms with Crippen molar-refractivity contribution in [1.82, 2.24) is 9.88 Å². The molecule has 0 spiro atoms. The minimum atomic E-state index is -0.440. The topological polar surface area (TPSA) is 80.5 Å². The van der Waals surface area contributed by atoms with Crippen molar-refractivity contribution >= 4 is 44.8 Å². The van der Waals surface area contributed by atoms with Crippen molar-refractivity contribution in [3.05, 3.63) is 45.5 Å². The van der Waals surface area contributed by atoms with Crippen molar-refractivity contribution < 1.29 is 9.66 Å². The molecule has 0 amide bonds. The first-order valence-corrected chi connectivity index (χ1v) is 8.43. The number of likely N-dealkylation sites (N-methyl/N-ethyl adjacent to an activating group) is 1. The van der Waals surface area contributed by atoms with E-state index in [0.717, 1.165) is 17.6 Å². The van der Waals surface area contributed by atoms with Gasteiger partial charge in [0, 0.05) is 29.9 Å². The summed E-state index contributed by atoms with van der Waals surface area (Å²) in [4.78, 5) is 17.6. The van der Waals surface area contributed by atoms with Gasteiger partial charge < -0.3 is 15.0 Å².